The average Bonchev–Trinajstić information content (AvgIpc) is 2.29. The zero-order chi connectivity index (χ0) is 12.7. The minimum atomic E-state index is 0.529. The number of nitrogens with two attached hydrogens (primary N) is 2. The molecule has 0 saturated heterocycles. The number of aryl methyl sites for hydroxylation is 2. The van der Waals surface area contributed by atoms with Crippen molar-refractivity contribution < 1.29 is 0 Å². The maximum Gasteiger partial charge on any atom is 0.123 e. The largest absolute Gasteiger partial charge is 0.384 e. The second kappa shape index (κ2) is 6.60. The highest BCUT2D eigenvalue weighted by Gasteiger charge is 1.87. The Hall–Kier alpha value is -1.94. The molecule has 90 valence electrons. The second-order valence-electron chi connectivity index (χ2n) is 3.68. The highest BCUT2D eigenvalue weighted by molar-refractivity contribution is 5.28. The fourth-order valence-corrected chi connectivity index (χ4v) is 1.28. The lowest BCUT2D eigenvalue weighted by molar-refractivity contribution is 0.969. The van der Waals surface area contributed by atoms with Gasteiger partial charge in [-0.15, -0.1) is 0 Å². The third-order valence-electron chi connectivity index (χ3n) is 2.07. The van der Waals surface area contributed by atoms with Crippen LogP contribution >= 0.6 is 0 Å². The van der Waals surface area contributed by atoms with Gasteiger partial charge in [0, 0.05) is 17.9 Å². The van der Waals surface area contributed by atoms with Crippen LogP contribution in [0.1, 0.15) is 17.1 Å². The third-order valence-corrected chi connectivity index (χ3v) is 2.07. The third kappa shape index (κ3) is 5.08. The molecule has 0 saturated carbocycles. The van der Waals surface area contributed by atoms with E-state index in [9.17, 15) is 0 Å². The first-order valence-corrected chi connectivity index (χ1v) is 5.43. The fraction of sp³-hybridized carbons (Fsp3) is 0.231. The average molecular weight is 230 g/mol. The number of nitrogens with zero attached hydrogens (tertiary/aromatic N) is 2. The van der Waals surface area contributed by atoms with E-state index in [2.05, 4.69) is 9.97 Å². The molecule has 4 nitrogen and oxygen atoms in total. The van der Waals surface area contributed by atoms with Crippen molar-refractivity contribution in [3.8, 4) is 0 Å². The predicted octanol–water partition coefficient (Wildman–Crippen LogP) is 1.82. The topological polar surface area (TPSA) is 77.8 Å². The van der Waals surface area contributed by atoms with Crippen LogP contribution in [0.15, 0.2) is 36.4 Å². The Morgan fingerprint density at radius 3 is 1.88 bits per heavy atom. The Kier molecular flexibility index (Phi) is 5.10. The van der Waals surface area contributed by atoms with E-state index < -0.39 is 0 Å². The van der Waals surface area contributed by atoms with E-state index in [4.69, 9.17) is 11.5 Å². The molecule has 0 unspecified atom stereocenters. The monoisotopic (exact) mass is 230 g/mol. The van der Waals surface area contributed by atoms with Gasteiger partial charge < -0.3 is 11.5 Å². The summed E-state index contributed by atoms with van der Waals surface area (Å²) in [5, 5.41) is 0. The van der Waals surface area contributed by atoms with Gasteiger partial charge in [-0.2, -0.15) is 0 Å². The lowest BCUT2D eigenvalue weighted by Gasteiger charge is -1.94. The first kappa shape index (κ1) is 13.1. The van der Waals surface area contributed by atoms with Gasteiger partial charge in [-0.1, -0.05) is 12.1 Å². The van der Waals surface area contributed by atoms with Crippen LogP contribution in [0.25, 0.3) is 0 Å². The van der Waals surface area contributed by atoms with E-state index in [1.54, 1.807) is 6.07 Å². The molecule has 17 heavy (non-hydrogen) atoms. The van der Waals surface area contributed by atoms with Crippen molar-refractivity contribution in [1.82, 2.24) is 9.97 Å². The van der Waals surface area contributed by atoms with E-state index in [-0.39, 0.29) is 0 Å². The molecule has 0 aliphatic rings. The summed E-state index contributed by atoms with van der Waals surface area (Å²) >= 11 is 0. The minimum absolute atomic E-state index is 0.529. The maximum atomic E-state index is 5.36. The van der Waals surface area contributed by atoms with Gasteiger partial charge in [-0.3, -0.25) is 4.98 Å². The van der Waals surface area contributed by atoms with Crippen molar-refractivity contribution in [3.63, 3.8) is 0 Å². The van der Waals surface area contributed by atoms with Crippen molar-refractivity contribution in [2.45, 2.75) is 20.4 Å². The summed E-state index contributed by atoms with van der Waals surface area (Å²) in [5.41, 5.74) is 13.6. The Balaban J connectivity index is 0.000000171. The van der Waals surface area contributed by atoms with Crippen molar-refractivity contribution in [2.24, 2.45) is 5.73 Å². The quantitative estimate of drug-likeness (QED) is 0.783. The van der Waals surface area contributed by atoms with Gasteiger partial charge in [-0.05, 0) is 38.1 Å². The molecule has 4 N–H and O–H groups in total. The first-order chi connectivity index (χ1) is 8.11. The molecule has 0 radical (unpaired) electrons. The molecule has 0 aliphatic heterocycles. The summed E-state index contributed by atoms with van der Waals surface area (Å²) < 4.78 is 0. The minimum Gasteiger partial charge on any atom is -0.384 e. The number of aromatic nitrogens is 2. The maximum absolute atomic E-state index is 5.36. The fourth-order valence-electron chi connectivity index (χ4n) is 1.28. The lowest BCUT2D eigenvalue weighted by Crippen LogP contribution is -1.99. The molecule has 0 amide bonds. The summed E-state index contributed by atoms with van der Waals surface area (Å²) in [6.45, 7) is 4.40. The molecule has 2 aromatic rings. The molecule has 0 atom stereocenters. The standard InChI is InChI=1S/C7H10N2.C6H8N2/c1-6-3-2-4-7(5-8)9-6;1-5-3-2-4-6(7)8-5/h2-4H,5,8H2,1H3;2-4H,1H3,(H2,7,8). The van der Waals surface area contributed by atoms with Gasteiger partial charge in [0.25, 0.3) is 0 Å². The van der Waals surface area contributed by atoms with Crippen LogP contribution in [0.4, 0.5) is 5.82 Å². The van der Waals surface area contributed by atoms with Gasteiger partial charge in [0.2, 0.25) is 0 Å². The summed E-state index contributed by atoms with van der Waals surface area (Å²) in [7, 11) is 0. The lowest BCUT2D eigenvalue weighted by atomic mass is 10.3. The molecule has 0 spiro atoms. The Morgan fingerprint density at radius 1 is 0.941 bits per heavy atom. The van der Waals surface area contributed by atoms with Crippen LogP contribution in [0.2, 0.25) is 0 Å². The highest BCUT2D eigenvalue weighted by atomic mass is 14.8. The number of nitrogen functional groups attached to an aromatic ring is 1. The van der Waals surface area contributed by atoms with Crippen molar-refractivity contribution in [3.05, 3.63) is 53.5 Å². The summed E-state index contributed by atoms with van der Waals surface area (Å²) in [4.78, 5) is 8.12. The Bertz CT molecular complexity index is 451. The Labute approximate surface area is 102 Å². The van der Waals surface area contributed by atoms with Crippen molar-refractivity contribution in [2.75, 3.05) is 5.73 Å². The molecule has 0 aromatic carbocycles. The number of anilines is 1. The van der Waals surface area contributed by atoms with Crippen molar-refractivity contribution >= 4 is 5.82 Å². The van der Waals surface area contributed by atoms with Crippen LogP contribution in [0.3, 0.4) is 0 Å². The summed E-state index contributed by atoms with van der Waals surface area (Å²) in [5.74, 6) is 0.588. The van der Waals surface area contributed by atoms with Crippen molar-refractivity contribution in [1.29, 1.82) is 0 Å². The number of hydrogen-bond donors (Lipinski definition) is 2. The van der Waals surface area contributed by atoms with Gasteiger partial charge in [0.05, 0.1) is 5.69 Å². The first-order valence-electron chi connectivity index (χ1n) is 5.43. The molecular formula is C13H18N4. The van der Waals surface area contributed by atoms with Crippen LogP contribution < -0.4 is 11.5 Å². The van der Waals surface area contributed by atoms with Gasteiger partial charge in [0.1, 0.15) is 5.82 Å². The number of pyridine rings is 2. The van der Waals surface area contributed by atoms with E-state index in [1.165, 1.54) is 0 Å². The zero-order valence-electron chi connectivity index (χ0n) is 10.2. The molecule has 2 rings (SSSR count). The molecule has 0 aliphatic carbocycles. The second-order valence-corrected chi connectivity index (χ2v) is 3.68. The van der Waals surface area contributed by atoms with Gasteiger partial charge >= 0.3 is 0 Å². The molecule has 0 bridgehead atoms. The molecule has 2 heterocycles. The molecule has 2 aromatic heterocycles. The van der Waals surface area contributed by atoms with Crippen LogP contribution in [0.5, 0.6) is 0 Å². The number of rotatable bonds is 1. The normalized spacial score (nSPS) is 9.35. The van der Waals surface area contributed by atoms with Crippen LogP contribution in [-0.2, 0) is 6.54 Å². The van der Waals surface area contributed by atoms with E-state index in [0.29, 0.717) is 12.4 Å². The molecule has 0 fully saturated rings. The van der Waals surface area contributed by atoms with Gasteiger partial charge in [0.15, 0.2) is 0 Å². The highest BCUT2D eigenvalue weighted by Crippen LogP contribution is 1.96. The predicted molar refractivity (Wildman–Crippen MR) is 70.3 cm³/mol. The SMILES string of the molecule is Cc1cccc(CN)n1.Cc1cccc(N)n1. The summed E-state index contributed by atoms with van der Waals surface area (Å²) in [6, 6.07) is 11.4. The van der Waals surface area contributed by atoms with E-state index in [1.807, 2.05) is 44.2 Å². The van der Waals surface area contributed by atoms with E-state index >= 15 is 0 Å². The van der Waals surface area contributed by atoms with Gasteiger partial charge in [-0.25, -0.2) is 4.98 Å². The Morgan fingerprint density at radius 2 is 1.53 bits per heavy atom. The number of hydrogen-bond acceptors (Lipinski definition) is 4. The van der Waals surface area contributed by atoms with Crippen LogP contribution in [0, 0.1) is 13.8 Å². The zero-order valence-corrected chi connectivity index (χ0v) is 10.2. The summed E-state index contributed by atoms with van der Waals surface area (Å²) in [6.07, 6.45) is 0. The molecular weight excluding hydrogens is 212 g/mol. The van der Waals surface area contributed by atoms with Crippen LogP contribution in [-0.4, -0.2) is 9.97 Å². The smallest absolute Gasteiger partial charge is 0.123 e. The molecule has 4 heteroatoms. The van der Waals surface area contributed by atoms with E-state index in [0.717, 1.165) is 17.1 Å².